The van der Waals surface area contributed by atoms with Gasteiger partial charge in [0, 0.05) is 12.6 Å². The van der Waals surface area contributed by atoms with Gasteiger partial charge in [0.25, 0.3) is 0 Å². The molecule has 78 valence electrons. The maximum absolute atomic E-state index is 8.76. The third-order valence-electron chi connectivity index (χ3n) is 2.05. The zero-order chi connectivity index (χ0) is 10.6. The summed E-state index contributed by atoms with van der Waals surface area (Å²) < 4.78 is 5.06. The molecule has 0 spiro atoms. The van der Waals surface area contributed by atoms with E-state index in [1.807, 2.05) is 12.1 Å². The predicted molar refractivity (Wildman–Crippen MR) is 56.6 cm³/mol. The molecule has 3 N–H and O–H groups in total. The second kappa shape index (κ2) is 5.20. The number of nitrogens with two attached hydrogens (primary N) is 1. The predicted octanol–water partition coefficient (Wildman–Crippen LogP) is 1.73. The van der Waals surface area contributed by atoms with Crippen molar-refractivity contribution in [2.75, 3.05) is 13.7 Å². The fraction of sp³-hybridized carbons (Fsp3) is 0.400. The first-order chi connectivity index (χ1) is 6.70. The molecule has 0 fully saturated rings. The lowest BCUT2D eigenvalue weighted by Crippen LogP contribution is -2.12. The molecule has 0 aromatic heterocycles. The minimum Gasteiger partial charge on any atom is -0.495 e. The molecular weight excluding hydrogens is 202 g/mol. The number of hydrogen-bond donors (Lipinski definition) is 2. The van der Waals surface area contributed by atoms with Crippen LogP contribution in [0.2, 0.25) is 5.02 Å². The number of halogens is 1. The largest absolute Gasteiger partial charge is 0.495 e. The van der Waals surface area contributed by atoms with E-state index in [0.29, 0.717) is 17.2 Å². The highest BCUT2D eigenvalue weighted by atomic mass is 35.5. The van der Waals surface area contributed by atoms with Gasteiger partial charge in [-0.05, 0) is 18.1 Å². The molecule has 1 aromatic rings. The molecule has 4 heteroatoms. The van der Waals surface area contributed by atoms with E-state index >= 15 is 0 Å². The van der Waals surface area contributed by atoms with Crippen LogP contribution in [0, 0.1) is 0 Å². The van der Waals surface area contributed by atoms with E-state index < -0.39 is 0 Å². The van der Waals surface area contributed by atoms with Gasteiger partial charge >= 0.3 is 0 Å². The Morgan fingerprint density at radius 2 is 2.29 bits per heavy atom. The number of methoxy groups -OCH3 is 1. The first-order valence-corrected chi connectivity index (χ1v) is 4.77. The molecule has 0 aliphatic carbocycles. The molecule has 1 rings (SSSR count). The Kier molecular flexibility index (Phi) is 4.20. The van der Waals surface area contributed by atoms with Crippen LogP contribution in [0.4, 0.5) is 0 Å². The zero-order valence-corrected chi connectivity index (χ0v) is 8.79. The molecule has 0 bridgehead atoms. The number of ether oxygens (including phenoxy) is 1. The van der Waals surface area contributed by atoms with Crippen molar-refractivity contribution in [2.24, 2.45) is 5.73 Å². The number of hydrogen-bond acceptors (Lipinski definition) is 3. The summed E-state index contributed by atoms with van der Waals surface area (Å²) in [6.45, 7) is 0.0503. The second-order valence-corrected chi connectivity index (χ2v) is 3.36. The highest BCUT2D eigenvalue weighted by Gasteiger charge is 2.12. The summed E-state index contributed by atoms with van der Waals surface area (Å²) in [6, 6.07) is 5.20. The van der Waals surface area contributed by atoms with Crippen LogP contribution in [0.15, 0.2) is 18.2 Å². The molecule has 0 aliphatic rings. The summed E-state index contributed by atoms with van der Waals surface area (Å²) in [5, 5.41) is 9.29. The van der Waals surface area contributed by atoms with E-state index in [1.54, 1.807) is 13.2 Å². The van der Waals surface area contributed by atoms with Crippen molar-refractivity contribution >= 4 is 11.6 Å². The third-order valence-corrected chi connectivity index (χ3v) is 2.46. The Labute approximate surface area is 88.4 Å². The first kappa shape index (κ1) is 11.3. The van der Waals surface area contributed by atoms with Crippen LogP contribution in [0.1, 0.15) is 18.0 Å². The van der Waals surface area contributed by atoms with E-state index in [0.717, 1.165) is 5.56 Å². The fourth-order valence-corrected chi connectivity index (χ4v) is 1.61. The molecule has 0 saturated carbocycles. The molecule has 0 heterocycles. The second-order valence-electron chi connectivity index (χ2n) is 2.98. The van der Waals surface area contributed by atoms with Gasteiger partial charge < -0.3 is 15.6 Å². The van der Waals surface area contributed by atoms with Gasteiger partial charge in [-0.25, -0.2) is 0 Å². The monoisotopic (exact) mass is 215 g/mol. The van der Waals surface area contributed by atoms with Crippen LogP contribution < -0.4 is 10.5 Å². The summed E-state index contributed by atoms with van der Waals surface area (Å²) in [5.41, 5.74) is 6.64. The lowest BCUT2D eigenvalue weighted by atomic mass is 10.0. The lowest BCUT2D eigenvalue weighted by Gasteiger charge is -2.14. The van der Waals surface area contributed by atoms with Crippen molar-refractivity contribution in [1.29, 1.82) is 0 Å². The Hall–Kier alpha value is -0.770. The smallest absolute Gasteiger partial charge is 0.137 e. The van der Waals surface area contributed by atoms with E-state index in [9.17, 15) is 0 Å². The Morgan fingerprint density at radius 3 is 2.86 bits per heavy atom. The molecule has 0 amide bonds. The molecule has 1 aromatic carbocycles. The van der Waals surface area contributed by atoms with Gasteiger partial charge in [-0.15, -0.1) is 0 Å². The number of aliphatic hydroxyl groups excluding tert-OH is 1. The van der Waals surface area contributed by atoms with Gasteiger partial charge in [0.15, 0.2) is 0 Å². The highest BCUT2D eigenvalue weighted by molar-refractivity contribution is 6.32. The van der Waals surface area contributed by atoms with Crippen molar-refractivity contribution in [3.05, 3.63) is 28.8 Å². The van der Waals surface area contributed by atoms with Gasteiger partial charge in [-0.2, -0.15) is 0 Å². The first-order valence-electron chi connectivity index (χ1n) is 4.39. The normalized spacial score (nSPS) is 12.6. The molecule has 14 heavy (non-hydrogen) atoms. The van der Waals surface area contributed by atoms with Gasteiger partial charge in [-0.3, -0.25) is 0 Å². The van der Waals surface area contributed by atoms with Crippen LogP contribution in [-0.4, -0.2) is 18.8 Å². The third kappa shape index (κ3) is 2.38. The summed E-state index contributed by atoms with van der Waals surface area (Å²) >= 11 is 6.05. The maximum Gasteiger partial charge on any atom is 0.137 e. The SMILES string of the molecule is COc1cccc(C(N)CCO)c1Cl. The Balaban J connectivity index is 2.96. The Bertz CT molecular complexity index is 304. The molecule has 0 aliphatic heterocycles. The molecule has 1 atom stereocenters. The molecule has 1 unspecified atom stereocenters. The van der Waals surface area contributed by atoms with E-state index in [2.05, 4.69) is 0 Å². The van der Waals surface area contributed by atoms with E-state index in [1.165, 1.54) is 0 Å². The van der Waals surface area contributed by atoms with Gasteiger partial charge in [0.1, 0.15) is 5.75 Å². The van der Waals surface area contributed by atoms with Crippen LogP contribution in [-0.2, 0) is 0 Å². The standard InChI is InChI=1S/C10H14ClNO2/c1-14-9-4-2-3-7(10(9)11)8(12)5-6-13/h2-4,8,13H,5-6,12H2,1H3. The summed E-state index contributed by atoms with van der Waals surface area (Å²) in [4.78, 5) is 0. The maximum atomic E-state index is 8.76. The molecular formula is C10H14ClNO2. The molecule has 0 saturated heterocycles. The van der Waals surface area contributed by atoms with Crippen LogP contribution in [0.5, 0.6) is 5.75 Å². The minimum atomic E-state index is -0.248. The summed E-state index contributed by atoms with van der Waals surface area (Å²) in [7, 11) is 1.56. The van der Waals surface area contributed by atoms with Crippen molar-refractivity contribution in [1.82, 2.24) is 0 Å². The van der Waals surface area contributed by atoms with Crippen molar-refractivity contribution in [3.63, 3.8) is 0 Å². The number of rotatable bonds is 4. The quantitative estimate of drug-likeness (QED) is 0.805. The van der Waals surface area contributed by atoms with E-state index in [-0.39, 0.29) is 12.6 Å². The van der Waals surface area contributed by atoms with Crippen LogP contribution in [0.3, 0.4) is 0 Å². The summed E-state index contributed by atoms with van der Waals surface area (Å²) in [5.74, 6) is 0.609. The van der Waals surface area contributed by atoms with Crippen molar-refractivity contribution < 1.29 is 9.84 Å². The number of aliphatic hydroxyl groups is 1. The molecule has 0 radical (unpaired) electrons. The number of benzene rings is 1. The fourth-order valence-electron chi connectivity index (χ4n) is 1.27. The zero-order valence-electron chi connectivity index (χ0n) is 8.03. The molecule has 3 nitrogen and oxygen atoms in total. The Morgan fingerprint density at radius 1 is 1.57 bits per heavy atom. The minimum absolute atomic E-state index is 0.0503. The van der Waals surface area contributed by atoms with Gasteiger partial charge in [0.2, 0.25) is 0 Å². The summed E-state index contributed by atoms with van der Waals surface area (Å²) in [6.07, 6.45) is 0.493. The lowest BCUT2D eigenvalue weighted by molar-refractivity contribution is 0.276. The van der Waals surface area contributed by atoms with Gasteiger partial charge in [0.05, 0.1) is 12.1 Å². The highest BCUT2D eigenvalue weighted by Crippen LogP contribution is 2.31. The average Bonchev–Trinajstić information content (AvgIpc) is 2.18. The average molecular weight is 216 g/mol. The van der Waals surface area contributed by atoms with Crippen LogP contribution in [0.25, 0.3) is 0 Å². The van der Waals surface area contributed by atoms with Crippen molar-refractivity contribution in [2.45, 2.75) is 12.5 Å². The van der Waals surface area contributed by atoms with E-state index in [4.69, 9.17) is 27.2 Å². The van der Waals surface area contributed by atoms with Crippen molar-refractivity contribution in [3.8, 4) is 5.75 Å². The van der Waals surface area contributed by atoms with Gasteiger partial charge in [-0.1, -0.05) is 23.7 Å². The topological polar surface area (TPSA) is 55.5 Å². The van der Waals surface area contributed by atoms with Crippen LogP contribution >= 0.6 is 11.6 Å².